The molecule has 1 heterocycles. The molecule has 2 rings (SSSR count). The number of nitrogens with zero attached hydrogens (tertiary/aromatic N) is 1. The molecule has 0 aliphatic rings. The lowest BCUT2D eigenvalue weighted by atomic mass is 10.2. The third-order valence-corrected chi connectivity index (χ3v) is 2.65. The summed E-state index contributed by atoms with van der Waals surface area (Å²) >= 11 is 12.1. The first-order chi connectivity index (χ1) is 6.74. The number of rotatable bonds is 1. The molecule has 0 radical (unpaired) electrons. The number of aromatic nitrogens is 1. The summed E-state index contributed by atoms with van der Waals surface area (Å²) in [5, 5.41) is 2.05. The van der Waals surface area contributed by atoms with E-state index in [0.29, 0.717) is 10.0 Å². The summed E-state index contributed by atoms with van der Waals surface area (Å²) in [5.74, 6) is 0. The molecule has 0 saturated carbocycles. The molecule has 0 saturated heterocycles. The standard InChI is InChI=1S/C10H8Cl2NO/c1-14-13-6-5-8(12)10-7(11)3-2-4-9(10)13/h2-6H,1H3/q+1. The number of pyridine rings is 1. The number of benzene rings is 1. The van der Waals surface area contributed by atoms with Crippen LogP contribution in [0.15, 0.2) is 30.5 Å². The third-order valence-electron chi connectivity index (χ3n) is 2.02. The highest BCUT2D eigenvalue weighted by Crippen LogP contribution is 2.27. The van der Waals surface area contributed by atoms with E-state index in [4.69, 9.17) is 28.0 Å². The van der Waals surface area contributed by atoms with Gasteiger partial charge in [0, 0.05) is 16.9 Å². The fourth-order valence-corrected chi connectivity index (χ4v) is 1.96. The van der Waals surface area contributed by atoms with E-state index in [-0.39, 0.29) is 0 Å². The second kappa shape index (κ2) is 3.64. The van der Waals surface area contributed by atoms with Crippen LogP contribution in [0, 0.1) is 0 Å². The zero-order chi connectivity index (χ0) is 10.1. The highest BCUT2D eigenvalue weighted by molar-refractivity contribution is 6.41. The lowest BCUT2D eigenvalue weighted by Gasteiger charge is -2.00. The van der Waals surface area contributed by atoms with Gasteiger partial charge >= 0.3 is 0 Å². The number of fused-ring (bicyclic) bond motifs is 1. The SMILES string of the molecule is CO[n+]1ccc(Cl)c2c(Cl)cccc21. The molecule has 0 spiro atoms. The van der Waals surface area contributed by atoms with E-state index in [1.807, 2.05) is 12.1 Å². The van der Waals surface area contributed by atoms with Crippen molar-refractivity contribution >= 4 is 34.1 Å². The third kappa shape index (κ3) is 1.41. The molecule has 0 fully saturated rings. The van der Waals surface area contributed by atoms with Crippen molar-refractivity contribution in [3.8, 4) is 0 Å². The Balaban J connectivity index is 2.91. The molecule has 0 aliphatic heterocycles. The minimum absolute atomic E-state index is 0.624. The van der Waals surface area contributed by atoms with Crippen molar-refractivity contribution in [2.45, 2.75) is 0 Å². The van der Waals surface area contributed by atoms with Gasteiger partial charge < -0.3 is 0 Å². The molecule has 0 bridgehead atoms. The van der Waals surface area contributed by atoms with Crippen molar-refractivity contribution in [2.24, 2.45) is 0 Å². The molecule has 4 heteroatoms. The molecule has 0 amide bonds. The van der Waals surface area contributed by atoms with E-state index >= 15 is 0 Å². The van der Waals surface area contributed by atoms with Gasteiger partial charge in [0.05, 0.1) is 15.4 Å². The van der Waals surface area contributed by atoms with Crippen molar-refractivity contribution in [3.05, 3.63) is 40.5 Å². The summed E-state index contributed by atoms with van der Waals surface area (Å²) in [6.07, 6.45) is 1.75. The van der Waals surface area contributed by atoms with Crippen LogP contribution in [0.2, 0.25) is 10.0 Å². The van der Waals surface area contributed by atoms with Crippen LogP contribution in [-0.4, -0.2) is 7.11 Å². The van der Waals surface area contributed by atoms with Crippen LogP contribution in [0.3, 0.4) is 0 Å². The molecule has 0 aliphatic carbocycles. The molecule has 0 unspecified atom stereocenters. The average Bonchev–Trinajstić information content (AvgIpc) is 2.18. The fourth-order valence-electron chi connectivity index (χ4n) is 1.39. The minimum atomic E-state index is 0.624. The Morgan fingerprint density at radius 1 is 1.14 bits per heavy atom. The predicted molar refractivity (Wildman–Crippen MR) is 56.7 cm³/mol. The molecule has 0 N–H and O–H groups in total. The highest BCUT2D eigenvalue weighted by Gasteiger charge is 2.14. The first-order valence-corrected chi connectivity index (χ1v) is 4.82. The van der Waals surface area contributed by atoms with E-state index in [1.54, 1.807) is 30.2 Å². The van der Waals surface area contributed by atoms with Gasteiger partial charge in [0.15, 0.2) is 0 Å². The van der Waals surface area contributed by atoms with Crippen LogP contribution in [-0.2, 0) is 0 Å². The molecule has 2 nitrogen and oxygen atoms in total. The Morgan fingerprint density at radius 2 is 1.86 bits per heavy atom. The molecule has 2 aromatic rings. The van der Waals surface area contributed by atoms with Gasteiger partial charge in [0.25, 0.3) is 5.52 Å². The summed E-state index contributed by atoms with van der Waals surface area (Å²) in [6.45, 7) is 0. The monoisotopic (exact) mass is 228 g/mol. The maximum Gasteiger partial charge on any atom is 0.267 e. The van der Waals surface area contributed by atoms with Gasteiger partial charge in [0.1, 0.15) is 7.11 Å². The Labute approximate surface area is 91.6 Å². The molecule has 14 heavy (non-hydrogen) atoms. The molecule has 0 atom stereocenters. The fraction of sp³-hybridized carbons (Fsp3) is 0.100. The van der Waals surface area contributed by atoms with E-state index in [9.17, 15) is 0 Å². The predicted octanol–water partition coefficient (Wildman–Crippen LogP) is 2.49. The van der Waals surface area contributed by atoms with Crippen molar-refractivity contribution < 1.29 is 9.57 Å². The Hall–Kier alpha value is -0.990. The van der Waals surface area contributed by atoms with Crippen LogP contribution < -0.4 is 9.57 Å². The normalized spacial score (nSPS) is 10.5. The molecular formula is C10H8Cl2NO+. The second-order valence-electron chi connectivity index (χ2n) is 2.81. The van der Waals surface area contributed by atoms with Gasteiger partial charge in [-0.1, -0.05) is 29.3 Å². The van der Waals surface area contributed by atoms with E-state index in [1.165, 1.54) is 0 Å². The number of hydrogen-bond acceptors (Lipinski definition) is 1. The van der Waals surface area contributed by atoms with Gasteiger partial charge in [-0.05, 0) is 6.07 Å². The summed E-state index contributed by atoms with van der Waals surface area (Å²) in [7, 11) is 1.59. The van der Waals surface area contributed by atoms with Crippen molar-refractivity contribution in [3.63, 3.8) is 0 Å². The van der Waals surface area contributed by atoms with E-state index in [0.717, 1.165) is 10.9 Å². The van der Waals surface area contributed by atoms with Gasteiger partial charge in [-0.2, -0.15) is 0 Å². The maximum absolute atomic E-state index is 6.04. The van der Waals surface area contributed by atoms with Gasteiger partial charge in [-0.25, -0.2) is 0 Å². The van der Waals surface area contributed by atoms with E-state index in [2.05, 4.69) is 0 Å². The van der Waals surface area contributed by atoms with Crippen LogP contribution in [0.25, 0.3) is 10.9 Å². The number of hydrogen-bond donors (Lipinski definition) is 0. The molecule has 1 aromatic carbocycles. The van der Waals surface area contributed by atoms with Crippen LogP contribution in [0.5, 0.6) is 0 Å². The van der Waals surface area contributed by atoms with Crippen molar-refractivity contribution in [1.29, 1.82) is 0 Å². The van der Waals surface area contributed by atoms with Gasteiger partial charge in [-0.15, -0.1) is 0 Å². The topological polar surface area (TPSA) is 13.1 Å². The molecule has 1 aromatic heterocycles. The summed E-state index contributed by atoms with van der Waals surface area (Å²) in [6, 6.07) is 7.31. The van der Waals surface area contributed by atoms with Crippen LogP contribution in [0.1, 0.15) is 0 Å². The minimum Gasteiger partial charge on any atom is -0.274 e. The Kier molecular flexibility index (Phi) is 2.48. The quantitative estimate of drug-likeness (QED) is 0.684. The number of halogens is 2. The second-order valence-corrected chi connectivity index (χ2v) is 3.62. The lowest BCUT2D eigenvalue weighted by Crippen LogP contribution is -2.40. The summed E-state index contributed by atoms with van der Waals surface area (Å²) in [5.41, 5.74) is 0.854. The lowest BCUT2D eigenvalue weighted by molar-refractivity contribution is -0.865. The van der Waals surface area contributed by atoms with Gasteiger partial charge in [0.2, 0.25) is 6.20 Å². The largest absolute Gasteiger partial charge is 0.274 e. The van der Waals surface area contributed by atoms with Crippen LogP contribution in [0.4, 0.5) is 0 Å². The smallest absolute Gasteiger partial charge is 0.267 e. The van der Waals surface area contributed by atoms with Crippen molar-refractivity contribution in [2.75, 3.05) is 7.11 Å². The summed E-state index contributed by atoms with van der Waals surface area (Å²) < 4.78 is 1.62. The Bertz CT molecular complexity index is 477. The van der Waals surface area contributed by atoms with Gasteiger partial charge in [-0.3, -0.25) is 4.84 Å². The highest BCUT2D eigenvalue weighted by atomic mass is 35.5. The first-order valence-electron chi connectivity index (χ1n) is 4.07. The molecular weight excluding hydrogens is 221 g/mol. The first kappa shape index (κ1) is 9.56. The van der Waals surface area contributed by atoms with Crippen molar-refractivity contribution in [1.82, 2.24) is 0 Å². The van der Waals surface area contributed by atoms with E-state index < -0.39 is 0 Å². The average molecular weight is 229 g/mol. The maximum atomic E-state index is 6.04. The zero-order valence-corrected chi connectivity index (χ0v) is 9.01. The summed E-state index contributed by atoms with van der Waals surface area (Å²) in [4.78, 5) is 5.14. The van der Waals surface area contributed by atoms with Crippen LogP contribution >= 0.6 is 23.2 Å². The Morgan fingerprint density at radius 3 is 2.57 bits per heavy atom. The zero-order valence-electron chi connectivity index (χ0n) is 7.50. The molecule has 72 valence electrons.